The molecule has 1 aliphatic rings. The second kappa shape index (κ2) is 7.06. The van der Waals surface area contributed by atoms with Crippen LogP contribution < -0.4 is 20.1 Å². The Hall–Kier alpha value is -2.67. The van der Waals surface area contributed by atoms with Gasteiger partial charge < -0.3 is 15.2 Å². The third-order valence-corrected chi connectivity index (χ3v) is 5.09. The third kappa shape index (κ3) is 3.41. The van der Waals surface area contributed by atoms with Crippen LogP contribution in [0.15, 0.2) is 47.4 Å². The molecule has 130 valence electrons. The molecule has 1 heterocycles. The van der Waals surface area contributed by atoms with Gasteiger partial charge in [-0.2, -0.15) is 0 Å². The minimum Gasteiger partial charge on any atom is -0.497 e. The number of nitrogens with zero attached hydrogens (tertiary/aromatic N) is 1. The van der Waals surface area contributed by atoms with Crippen LogP contribution in [-0.4, -0.2) is 31.3 Å². The predicted molar refractivity (Wildman–Crippen MR) is 97.2 cm³/mol. The molecule has 6 nitrogen and oxygen atoms in total. The van der Waals surface area contributed by atoms with E-state index in [2.05, 4.69) is 0 Å². The number of nitrogen functional groups attached to an aromatic ring is 1. The van der Waals surface area contributed by atoms with Crippen molar-refractivity contribution in [2.24, 2.45) is 0 Å². The number of imide groups is 1. The predicted octanol–water partition coefficient (Wildman–Crippen LogP) is 2.71. The van der Waals surface area contributed by atoms with Gasteiger partial charge >= 0.3 is 0 Å². The molecular weight excluding hydrogens is 340 g/mol. The summed E-state index contributed by atoms with van der Waals surface area (Å²) in [6.07, 6.45) is 0.133. The van der Waals surface area contributed by atoms with Crippen molar-refractivity contribution >= 4 is 35.0 Å². The molecule has 0 aromatic heterocycles. The van der Waals surface area contributed by atoms with E-state index in [1.807, 2.05) is 12.1 Å². The Morgan fingerprint density at radius 2 is 1.80 bits per heavy atom. The largest absolute Gasteiger partial charge is 0.497 e. The van der Waals surface area contributed by atoms with Crippen LogP contribution in [0.1, 0.15) is 6.42 Å². The fraction of sp³-hybridized carbons (Fsp3) is 0.222. The second-order valence-corrected chi connectivity index (χ2v) is 6.76. The Labute approximate surface area is 149 Å². The smallest absolute Gasteiger partial charge is 0.247 e. The van der Waals surface area contributed by atoms with Gasteiger partial charge in [-0.3, -0.25) is 9.59 Å². The lowest BCUT2D eigenvalue weighted by Gasteiger charge is -2.18. The Balaban J connectivity index is 1.87. The van der Waals surface area contributed by atoms with E-state index in [0.717, 1.165) is 4.90 Å². The van der Waals surface area contributed by atoms with Gasteiger partial charge in [0.1, 0.15) is 11.5 Å². The standard InChI is InChI=1S/C18H18N2O4S/c1-23-12-5-8-15(24-2)14(9-12)20-17(21)10-16(18(20)22)25-13-6-3-11(19)4-7-13/h3-9,16H,10,19H2,1-2H3. The summed E-state index contributed by atoms with van der Waals surface area (Å²) >= 11 is 1.35. The molecule has 2 aromatic carbocycles. The van der Waals surface area contributed by atoms with E-state index in [-0.39, 0.29) is 18.2 Å². The number of hydrogen-bond donors (Lipinski definition) is 1. The van der Waals surface area contributed by atoms with E-state index in [1.165, 1.54) is 30.9 Å². The number of anilines is 2. The first-order valence-corrected chi connectivity index (χ1v) is 8.52. The highest BCUT2D eigenvalue weighted by molar-refractivity contribution is 8.00. The van der Waals surface area contributed by atoms with Crippen LogP contribution >= 0.6 is 11.8 Å². The molecule has 3 rings (SSSR count). The van der Waals surface area contributed by atoms with Crippen molar-refractivity contribution in [1.82, 2.24) is 0 Å². The average molecular weight is 358 g/mol. The maximum atomic E-state index is 12.8. The van der Waals surface area contributed by atoms with Gasteiger partial charge in [0.15, 0.2) is 0 Å². The maximum absolute atomic E-state index is 12.8. The Morgan fingerprint density at radius 3 is 2.44 bits per heavy atom. The summed E-state index contributed by atoms with van der Waals surface area (Å²) in [5, 5.41) is -0.480. The molecule has 2 aromatic rings. The van der Waals surface area contributed by atoms with E-state index in [0.29, 0.717) is 22.9 Å². The summed E-state index contributed by atoms with van der Waals surface area (Å²) in [6, 6.07) is 12.2. The van der Waals surface area contributed by atoms with Gasteiger partial charge in [-0.25, -0.2) is 4.90 Å². The van der Waals surface area contributed by atoms with Crippen LogP contribution in [0.4, 0.5) is 11.4 Å². The number of thioether (sulfide) groups is 1. The lowest BCUT2D eigenvalue weighted by atomic mass is 10.2. The van der Waals surface area contributed by atoms with E-state index < -0.39 is 5.25 Å². The first kappa shape index (κ1) is 17.2. The molecule has 2 amide bonds. The number of carbonyl (C=O) groups excluding carboxylic acids is 2. The van der Waals surface area contributed by atoms with Gasteiger partial charge in [0.2, 0.25) is 11.8 Å². The zero-order chi connectivity index (χ0) is 18.0. The lowest BCUT2D eigenvalue weighted by molar-refractivity contribution is -0.121. The number of methoxy groups -OCH3 is 2. The van der Waals surface area contributed by atoms with E-state index >= 15 is 0 Å². The molecule has 1 aliphatic heterocycles. The minimum absolute atomic E-state index is 0.133. The molecule has 1 saturated heterocycles. The molecule has 0 bridgehead atoms. The van der Waals surface area contributed by atoms with Crippen LogP contribution in [-0.2, 0) is 9.59 Å². The van der Waals surface area contributed by atoms with Gasteiger partial charge in [-0.05, 0) is 36.4 Å². The highest BCUT2D eigenvalue weighted by atomic mass is 32.2. The number of ether oxygens (including phenoxy) is 2. The van der Waals surface area contributed by atoms with Crippen LogP contribution in [0.2, 0.25) is 0 Å². The molecule has 1 atom stereocenters. The Morgan fingerprint density at radius 1 is 1.08 bits per heavy atom. The molecule has 0 spiro atoms. The molecule has 7 heteroatoms. The van der Waals surface area contributed by atoms with E-state index in [4.69, 9.17) is 15.2 Å². The van der Waals surface area contributed by atoms with Crippen LogP contribution in [0, 0.1) is 0 Å². The molecule has 0 aliphatic carbocycles. The van der Waals surface area contributed by atoms with Crippen LogP contribution in [0.25, 0.3) is 0 Å². The first-order valence-electron chi connectivity index (χ1n) is 7.64. The second-order valence-electron chi connectivity index (χ2n) is 5.48. The minimum atomic E-state index is -0.480. The normalized spacial score (nSPS) is 17.0. The fourth-order valence-corrected chi connectivity index (χ4v) is 3.69. The molecular formula is C18H18N2O4S. The Bertz CT molecular complexity index is 807. The van der Waals surface area contributed by atoms with Gasteiger partial charge in [-0.15, -0.1) is 11.8 Å². The molecule has 25 heavy (non-hydrogen) atoms. The number of hydrogen-bond acceptors (Lipinski definition) is 6. The molecule has 1 unspecified atom stereocenters. The van der Waals surface area contributed by atoms with Gasteiger partial charge in [0.05, 0.1) is 25.2 Å². The number of nitrogens with two attached hydrogens (primary N) is 1. The van der Waals surface area contributed by atoms with Crippen molar-refractivity contribution in [1.29, 1.82) is 0 Å². The van der Waals surface area contributed by atoms with Crippen LogP contribution in [0.5, 0.6) is 11.5 Å². The molecule has 1 fully saturated rings. The summed E-state index contributed by atoms with van der Waals surface area (Å²) in [5.74, 6) is 0.467. The Kier molecular flexibility index (Phi) is 4.85. The lowest BCUT2D eigenvalue weighted by Crippen LogP contribution is -2.31. The van der Waals surface area contributed by atoms with Crippen molar-refractivity contribution < 1.29 is 19.1 Å². The van der Waals surface area contributed by atoms with Crippen molar-refractivity contribution in [3.63, 3.8) is 0 Å². The van der Waals surface area contributed by atoms with Crippen molar-refractivity contribution in [2.45, 2.75) is 16.6 Å². The van der Waals surface area contributed by atoms with Gasteiger partial charge in [-0.1, -0.05) is 0 Å². The van der Waals surface area contributed by atoms with Crippen molar-refractivity contribution in [3.05, 3.63) is 42.5 Å². The number of amides is 2. The average Bonchev–Trinajstić information content (AvgIpc) is 2.89. The summed E-state index contributed by atoms with van der Waals surface area (Å²) < 4.78 is 10.5. The SMILES string of the molecule is COc1ccc(OC)c(N2C(=O)CC(Sc3ccc(N)cc3)C2=O)c1. The highest BCUT2D eigenvalue weighted by Gasteiger charge is 2.41. The molecule has 0 saturated carbocycles. The summed E-state index contributed by atoms with van der Waals surface area (Å²) in [6.45, 7) is 0. The zero-order valence-corrected chi connectivity index (χ0v) is 14.7. The fourth-order valence-electron chi connectivity index (χ4n) is 2.63. The summed E-state index contributed by atoms with van der Waals surface area (Å²) in [5.41, 5.74) is 6.73. The third-order valence-electron chi connectivity index (χ3n) is 3.89. The van der Waals surface area contributed by atoms with Crippen molar-refractivity contribution in [3.8, 4) is 11.5 Å². The van der Waals surface area contributed by atoms with E-state index in [1.54, 1.807) is 30.3 Å². The summed E-state index contributed by atoms with van der Waals surface area (Å²) in [4.78, 5) is 27.4. The zero-order valence-electron chi connectivity index (χ0n) is 13.9. The quantitative estimate of drug-likeness (QED) is 0.654. The topological polar surface area (TPSA) is 81.9 Å². The van der Waals surface area contributed by atoms with Crippen molar-refractivity contribution in [2.75, 3.05) is 24.9 Å². The monoisotopic (exact) mass is 358 g/mol. The summed E-state index contributed by atoms with van der Waals surface area (Å²) in [7, 11) is 3.02. The first-order chi connectivity index (χ1) is 12.0. The number of benzene rings is 2. The van der Waals surface area contributed by atoms with Gasteiger partial charge in [0.25, 0.3) is 0 Å². The van der Waals surface area contributed by atoms with Gasteiger partial charge in [0, 0.05) is 23.1 Å². The number of carbonyl (C=O) groups is 2. The maximum Gasteiger partial charge on any atom is 0.247 e. The van der Waals surface area contributed by atoms with Crippen LogP contribution in [0.3, 0.4) is 0 Å². The number of rotatable bonds is 5. The molecule has 0 radical (unpaired) electrons. The molecule has 2 N–H and O–H groups in total. The van der Waals surface area contributed by atoms with E-state index in [9.17, 15) is 9.59 Å². The highest BCUT2D eigenvalue weighted by Crippen LogP contribution is 2.39.